The minimum absolute atomic E-state index is 0.0370. The summed E-state index contributed by atoms with van der Waals surface area (Å²) in [6, 6.07) is 21.2. The van der Waals surface area contributed by atoms with Gasteiger partial charge in [0, 0.05) is 22.7 Å². The van der Waals surface area contributed by atoms with Crippen LogP contribution in [0.5, 0.6) is 0 Å². The maximum atomic E-state index is 12.5. The summed E-state index contributed by atoms with van der Waals surface area (Å²) in [4.78, 5) is 31.1. The van der Waals surface area contributed by atoms with Crippen molar-refractivity contribution in [1.82, 2.24) is 10.3 Å². The molecule has 2 aliphatic rings. The minimum Gasteiger partial charge on any atom is -0.444 e. The third-order valence-corrected chi connectivity index (χ3v) is 6.91. The number of amides is 2. The lowest BCUT2D eigenvalue weighted by molar-refractivity contribution is -0.113. The Labute approximate surface area is 207 Å². The van der Waals surface area contributed by atoms with E-state index in [0.717, 1.165) is 33.1 Å². The molecular formula is C26H23N5O3S. The monoisotopic (exact) mass is 485 g/mol. The molecule has 2 aliphatic heterocycles. The second-order valence-electron chi connectivity index (χ2n) is 8.32. The molecule has 0 bridgehead atoms. The van der Waals surface area contributed by atoms with Crippen molar-refractivity contribution in [2.24, 2.45) is 0 Å². The van der Waals surface area contributed by atoms with E-state index in [1.54, 1.807) is 11.0 Å². The topological polar surface area (TPSA) is 107 Å². The molecule has 1 fully saturated rings. The molecular weight excluding hydrogens is 462 g/mol. The van der Waals surface area contributed by atoms with E-state index < -0.39 is 0 Å². The molecule has 35 heavy (non-hydrogen) atoms. The molecule has 9 heteroatoms. The van der Waals surface area contributed by atoms with Crippen molar-refractivity contribution >= 4 is 35.1 Å². The number of rotatable bonds is 7. The fourth-order valence-corrected chi connectivity index (χ4v) is 4.90. The molecule has 3 heterocycles. The molecule has 0 spiro atoms. The number of hydrogen-bond acceptors (Lipinski definition) is 7. The first-order valence-electron chi connectivity index (χ1n) is 11.3. The number of aromatic nitrogens is 1. The van der Waals surface area contributed by atoms with Crippen LogP contribution >= 0.6 is 11.8 Å². The van der Waals surface area contributed by atoms with Crippen molar-refractivity contribution < 1.29 is 14.3 Å². The summed E-state index contributed by atoms with van der Waals surface area (Å²) >= 11 is 1.49. The highest BCUT2D eigenvalue weighted by Crippen LogP contribution is 2.35. The Morgan fingerprint density at radius 1 is 1.17 bits per heavy atom. The van der Waals surface area contributed by atoms with Crippen LogP contribution in [0.3, 0.4) is 0 Å². The van der Waals surface area contributed by atoms with Gasteiger partial charge >= 0.3 is 6.09 Å². The number of carbonyl (C=O) groups is 2. The van der Waals surface area contributed by atoms with Gasteiger partial charge in [-0.25, -0.2) is 9.78 Å². The molecule has 1 unspecified atom stereocenters. The molecule has 2 aromatic carbocycles. The number of hydrogen-bond donors (Lipinski definition) is 2. The van der Waals surface area contributed by atoms with Crippen molar-refractivity contribution in [3.8, 4) is 17.3 Å². The van der Waals surface area contributed by atoms with E-state index in [1.807, 2.05) is 48.5 Å². The predicted molar refractivity (Wildman–Crippen MR) is 134 cm³/mol. The lowest BCUT2D eigenvalue weighted by Gasteiger charge is -2.20. The number of nitrogens with zero attached hydrogens (tertiary/aromatic N) is 3. The smallest absolute Gasteiger partial charge is 0.414 e. The van der Waals surface area contributed by atoms with Crippen LogP contribution in [0.15, 0.2) is 65.6 Å². The van der Waals surface area contributed by atoms with Crippen LogP contribution in [0, 0.1) is 11.3 Å². The quantitative estimate of drug-likeness (QED) is 0.484. The van der Waals surface area contributed by atoms with Crippen molar-refractivity contribution in [3.63, 3.8) is 0 Å². The van der Waals surface area contributed by atoms with E-state index in [2.05, 4.69) is 27.8 Å². The molecule has 3 aromatic rings. The largest absolute Gasteiger partial charge is 0.444 e. The predicted octanol–water partition coefficient (Wildman–Crippen LogP) is 4.17. The van der Waals surface area contributed by atoms with Gasteiger partial charge < -0.3 is 15.4 Å². The van der Waals surface area contributed by atoms with Crippen LogP contribution in [0.4, 0.5) is 16.2 Å². The highest BCUT2D eigenvalue weighted by atomic mass is 32.2. The number of nitriles is 1. The van der Waals surface area contributed by atoms with Gasteiger partial charge in [0.1, 0.15) is 17.9 Å². The Morgan fingerprint density at radius 3 is 2.94 bits per heavy atom. The van der Waals surface area contributed by atoms with Gasteiger partial charge in [-0.05, 0) is 54.9 Å². The van der Waals surface area contributed by atoms with E-state index in [-0.39, 0.29) is 18.1 Å². The Bertz CT molecular complexity index is 1320. The highest BCUT2D eigenvalue weighted by molar-refractivity contribution is 8.00. The Morgan fingerprint density at radius 2 is 2.06 bits per heavy atom. The summed E-state index contributed by atoms with van der Waals surface area (Å²) < 4.78 is 5.56. The molecule has 0 aliphatic carbocycles. The molecule has 176 valence electrons. The first kappa shape index (κ1) is 22.9. The Kier molecular flexibility index (Phi) is 6.66. The van der Waals surface area contributed by atoms with Crippen molar-refractivity contribution in [2.45, 2.75) is 24.0 Å². The van der Waals surface area contributed by atoms with E-state index in [0.29, 0.717) is 37.5 Å². The zero-order chi connectivity index (χ0) is 24.2. The van der Waals surface area contributed by atoms with Gasteiger partial charge in [0.2, 0.25) is 5.91 Å². The van der Waals surface area contributed by atoms with Crippen molar-refractivity contribution in [1.29, 1.82) is 5.26 Å². The van der Waals surface area contributed by atoms with Gasteiger partial charge in [-0.15, -0.1) is 11.8 Å². The molecule has 1 atom stereocenters. The summed E-state index contributed by atoms with van der Waals surface area (Å²) in [5.41, 5.74) is 4.68. The van der Waals surface area contributed by atoms with Gasteiger partial charge in [-0.2, -0.15) is 5.26 Å². The van der Waals surface area contributed by atoms with Crippen LogP contribution in [0.2, 0.25) is 0 Å². The minimum atomic E-state index is -0.371. The number of pyridine rings is 1. The Hall–Kier alpha value is -3.87. The van der Waals surface area contributed by atoms with Crippen LogP contribution < -0.4 is 15.5 Å². The Balaban J connectivity index is 1.14. The van der Waals surface area contributed by atoms with Gasteiger partial charge in [0.05, 0.1) is 23.7 Å². The summed E-state index contributed by atoms with van der Waals surface area (Å²) in [5.74, 6) is 0.369. The van der Waals surface area contributed by atoms with E-state index in [1.165, 1.54) is 11.8 Å². The number of thioether (sulfide) groups is 1. The summed E-state index contributed by atoms with van der Waals surface area (Å²) in [7, 11) is 0. The standard InChI is InChI=1S/C26H23N5O3S/c27-13-19-5-2-6-22(29-19)18-4-1-3-17(11-18)14-28-10-9-21-15-31(26(33)34-21)20-7-8-24-23(12-20)30-25(32)16-35-24/h1-8,11-12,21,28H,9-10,14-16H2,(H,30,32). The second kappa shape index (κ2) is 10.2. The maximum Gasteiger partial charge on any atom is 0.414 e. The highest BCUT2D eigenvalue weighted by Gasteiger charge is 2.32. The number of ether oxygens (including phenoxy) is 1. The number of benzene rings is 2. The molecule has 1 aromatic heterocycles. The molecule has 2 N–H and O–H groups in total. The fraction of sp³-hybridized carbons (Fsp3) is 0.231. The van der Waals surface area contributed by atoms with Crippen LogP contribution in [0.1, 0.15) is 17.7 Å². The van der Waals surface area contributed by atoms with Gasteiger partial charge in [-0.1, -0.05) is 24.3 Å². The van der Waals surface area contributed by atoms with Crippen molar-refractivity contribution in [3.05, 3.63) is 71.9 Å². The van der Waals surface area contributed by atoms with Gasteiger partial charge in [0.25, 0.3) is 0 Å². The third-order valence-electron chi connectivity index (χ3n) is 5.84. The SMILES string of the molecule is N#Cc1cccc(-c2cccc(CNCCC3CN(c4ccc5c(c4)NC(=O)CS5)C(=O)O3)c2)n1. The summed E-state index contributed by atoms with van der Waals surface area (Å²) in [5, 5.41) is 15.4. The molecule has 0 radical (unpaired) electrons. The van der Waals surface area contributed by atoms with E-state index in [4.69, 9.17) is 10.00 Å². The number of nitrogens with one attached hydrogen (secondary N) is 2. The third kappa shape index (κ3) is 5.29. The number of cyclic esters (lactones) is 1. The lowest BCUT2D eigenvalue weighted by atomic mass is 10.1. The zero-order valence-corrected chi connectivity index (χ0v) is 19.7. The van der Waals surface area contributed by atoms with E-state index >= 15 is 0 Å². The first-order chi connectivity index (χ1) is 17.1. The summed E-state index contributed by atoms with van der Waals surface area (Å²) in [6.45, 7) is 1.82. The van der Waals surface area contributed by atoms with Crippen LogP contribution in [-0.2, 0) is 16.1 Å². The molecule has 0 saturated carbocycles. The van der Waals surface area contributed by atoms with Gasteiger partial charge in [-0.3, -0.25) is 9.69 Å². The number of anilines is 2. The maximum absolute atomic E-state index is 12.5. The van der Waals surface area contributed by atoms with E-state index in [9.17, 15) is 9.59 Å². The second-order valence-corrected chi connectivity index (χ2v) is 9.34. The average molecular weight is 486 g/mol. The fourth-order valence-electron chi connectivity index (χ4n) is 4.12. The van der Waals surface area contributed by atoms with Crippen LogP contribution in [0.25, 0.3) is 11.3 Å². The van der Waals surface area contributed by atoms with Crippen molar-refractivity contribution in [2.75, 3.05) is 29.1 Å². The lowest BCUT2D eigenvalue weighted by Crippen LogP contribution is -2.26. The van der Waals surface area contributed by atoms with Crippen LogP contribution in [-0.4, -0.2) is 41.9 Å². The average Bonchev–Trinajstić information content (AvgIpc) is 3.26. The first-order valence-corrected chi connectivity index (χ1v) is 12.3. The normalized spacial score (nSPS) is 16.9. The summed E-state index contributed by atoms with van der Waals surface area (Å²) in [6.07, 6.45) is 0.106. The molecule has 1 saturated heterocycles. The zero-order valence-electron chi connectivity index (χ0n) is 18.9. The molecule has 2 amide bonds. The van der Waals surface area contributed by atoms with Gasteiger partial charge in [0.15, 0.2) is 0 Å². The molecule has 8 nitrogen and oxygen atoms in total. The number of carbonyl (C=O) groups excluding carboxylic acids is 2. The molecule has 5 rings (SSSR count). The number of fused-ring (bicyclic) bond motifs is 1.